The lowest BCUT2D eigenvalue weighted by Crippen LogP contribution is -2.07. The van der Waals surface area contributed by atoms with Gasteiger partial charge in [-0.15, -0.1) is 11.3 Å². The molecule has 0 aliphatic heterocycles. The van der Waals surface area contributed by atoms with Crippen LogP contribution in [0.1, 0.15) is 45.1 Å². The van der Waals surface area contributed by atoms with Gasteiger partial charge in [-0.25, -0.2) is 0 Å². The van der Waals surface area contributed by atoms with Gasteiger partial charge in [0.25, 0.3) is 0 Å². The van der Waals surface area contributed by atoms with Crippen LogP contribution in [0.25, 0.3) is 10.1 Å². The molecule has 5 heteroatoms. The highest BCUT2D eigenvalue weighted by atomic mass is 32.1. The molecule has 2 aromatic rings. The van der Waals surface area contributed by atoms with E-state index in [-0.39, 0.29) is 5.97 Å². The first kappa shape index (κ1) is 17.9. The molecule has 1 aromatic carbocycles. The Morgan fingerprint density at radius 2 is 2.04 bits per heavy atom. The zero-order valence-corrected chi connectivity index (χ0v) is 15.4. The Hall–Kier alpha value is -1.46. The summed E-state index contributed by atoms with van der Waals surface area (Å²) in [6, 6.07) is 8.33. The number of carbonyl (C=O) groups excluding carboxylic acids is 1. The molecule has 0 unspecified atom stereocenters. The summed E-state index contributed by atoms with van der Waals surface area (Å²) in [6.45, 7) is 7.03. The standard InChI is InChI=1S/C18H22O3S2/c1-4-17(19)21-9-5-8-20-15-11-18(22)23-16-10-13(12(2)3)6-7-14(15)16/h6-7,10-12H,4-5,8-9H2,1-3H3. The second-order valence-electron chi connectivity index (χ2n) is 5.62. The molecule has 0 saturated carbocycles. The van der Waals surface area contributed by atoms with Gasteiger partial charge in [0.1, 0.15) is 5.75 Å². The van der Waals surface area contributed by atoms with Gasteiger partial charge in [0, 0.05) is 29.0 Å². The molecule has 23 heavy (non-hydrogen) atoms. The molecule has 0 spiro atoms. The van der Waals surface area contributed by atoms with Crippen molar-refractivity contribution in [3.8, 4) is 5.75 Å². The normalized spacial score (nSPS) is 11.0. The van der Waals surface area contributed by atoms with E-state index < -0.39 is 0 Å². The van der Waals surface area contributed by atoms with E-state index in [0.29, 0.717) is 32.0 Å². The fourth-order valence-corrected chi connectivity index (χ4v) is 3.39. The van der Waals surface area contributed by atoms with Crippen molar-refractivity contribution in [1.29, 1.82) is 0 Å². The summed E-state index contributed by atoms with van der Waals surface area (Å²) in [5, 5.41) is 1.08. The van der Waals surface area contributed by atoms with E-state index >= 15 is 0 Å². The summed E-state index contributed by atoms with van der Waals surface area (Å²) < 4.78 is 12.9. The Kier molecular flexibility index (Phi) is 6.54. The third kappa shape index (κ3) is 5.01. The first-order valence-corrected chi connectivity index (χ1v) is 9.10. The highest BCUT2D eigenvalue weighted by molar-refractivity contribution is 7.73. The van der Waals surface area contributed by atoms with Crippen molar-refractivity contribution in [2.45, 2.75) is 39.5 Å². The number of rotatable bonds is 7. The molecule has 0 atom stereocenters. The van der Waals surface area contributed by atoms with Gasteiger partial charge in [-0.3, -0.25) is 4.79 Å². The topological polar surface area (TPSA) is 35.5 Å². The minimum Gasteiger partial charge on any atom is -0.493 e. The lowest BCUT2D eigenvalue weighted by molar-refractivity contribution is -0.143. The Bertz CT molecular complexity index is 735. The fraction of sp³-hybridized carbons (Fsp3) is 0.444. The summed E-state index contributed by atoms with van der Waals surface area (Å²) in [5.74, 6) is 1.12. The first-order chi connectivity index (χ1) is 11.0. The summed E-state index contributed by atoms with van der Waals surface area (Å²) in [6.07, 6.45) is 1.07. The monoisotopic (exact) mass is 350 g/mol. The van der Waals surface area contributed by atoms with Gasteiger partial charge >= 0.3 is 5.97 Å². The molecule has 0 radical (unpaired) electrons. The Labute approximate surface area is 146 Å². The zero-order valence-electron chi connectivity index (χ0n) is 13.8. The van der Waals surface area contributed by atoms with E-state index in [1.54, 1.807) is 18.3 Å². The Morgan fingerprint density at radius 1 is 1.26 bits per heavy atom. The molecule has 1 heterocycles. The summed E-state index contributed by atoms with van der Waals surface area (Å²) in [4.78, 5) is 11.1. The van der Waals surface area contributed by atoms with Crippen molar-refractivity contribution < 1.29 is 14.3 Å². The number of ether oxygens (including phenoxy) is 2. The fourth-order valence-electron chi connectivity index (χ4n) is 2.16. The predicted molar refractivity (Wildman–Crippen MR) is 98.1 cm³/mol. The second-order valence-corrected chi connectivity index (χ2v) is 7.40. The van der Waals surface area contributed by atoms with Crippen LogP contribution in [0.2, 0.25) is 0 Å². The van der Waals surface area contributed by atoms with Crippen molar-refractivity contribution in [2.24, 2.45) is 0 Å². The van der Waals surface area contributed by atoms with Crippen molar-refractivity contribution in [1.82, 2.24) is 0 Å². The Morgan fingerprint density at radius 3 is 2.74 bits per heavy atom. The molecule has 0 bridgehead atoms. The van der Waals surface area contributed by atoms with E-state index in [4.69, 9.17) is 21.7 Å². The largest absolute Gasteiger partial charge is 0.493 e. The molecular weight excluding hydrogens is 328 g/mol. The average molecular weight is 351 g/mol. The van der Waals surface area contributed by atoms with Crippen LogP contribution < -0.4 is 4.74 Å². The van der Waals surface area contributed by atoms with Gasteiger partial charge in [0.15, 0.2) is 0 Å². The lowest BCUT2D eigenvalue weighted by atomic mass is 10.0. The van der Waals surface area contributed by atoms with Gasteiger partial charge in [0.2, 0.25) is 0 Å². The number of carbonyl (C=O) groups is 1. The van der Waals surface area contributed by atoms with Crippen LogP contribution in [0.5, 0.6) is 5.75 Å². The molecule has 0 saturated heterocycles. The molecule has 0 fully saturated rings. The third-order valence-corrected chi connectivity index (χ3v) is 4.74. The van der Waals surface area contributed by atoms with E-state index in [0.717, 1.165) is 19.7 Å². The van der Waals surface area contributed by atoms with Crippen LogP contribution >= 0.6 is 23.6 Å². The highest BCUT2D eigenvalue weighted by Crippen LogP contribution is 2.32. The van der Waals surface area contributed by atoms with Gasteiger partial charge in [0.05, 0.1) is 17.0 Å². The number of hydrogen-bond acceptors (Lipinski definition) is 5. The molecule has 3 nitrogen and oxygen atoms in total. The molecule has 0 aliphatic rings. The highest BCUT2D eigenvalue weighted by Gasteiger charge is 2.07. The SMILES string of the molecule is CCC(=O)OCCCOc1cc(=S)sc2cc(C(C)C)ccc12. The van der Waals surface area contributed by atoms with Crippen LogP contribution in [0.4, 0.5) is 0 Å². The maximum atomic E-state index is 11.1. The zero-order chi connectivity index (χ0) is 16.8. The summed E-state index contributed by atoms with van der Waals surface area (Å²) in [5.41, 5.74) is 1.30. The average Bonchev–Trinajstić information content (AvgIpc) is 2.53. The number of fused-ring (bicyclic) bond motifs is 1. The van der Waals surface area contributed by atoms with Crippen molar-refractivity contribution in [3.63, 3.8) is 0 Å². The van der Waals surface area contributed by atoms with E-state index in [1.807, 2.05) is 6.07 Å². The third-order valence-electron chi connectivity index (χ3n) is 3.50. The first-order valence-electron chi connectivity index (χ1n) is 7.87. The smallest absolute Gasteiger partial charge is 0.305 e. The van der Waals surface area contributed by atoms with E-state index in [2.05, 4.69) is 32.0 Å². The summed E-state index contributed by atoms with van der Waals surface area (Å²) in [7, 11) is 0. The van der Waals surface area contributed by atoms with Crippen LogP contribution in [-0.2, 0) is 9.53 Å². The van der Waals surface area contributed by atoms with Gasteiger partial charge in [-0.2, -0.15) is 0 Å². The molecule has 2 rings (SSSR count). The van der Waals surface area contributed by atoms with Gasteiger partial charge in [-0.05, 0) is 23.6 Å². The van der Waals surface area contributed by atoms with E-state index in [1.165, 1.54) is 5.56 Å². The van der Waals surface area contributed by atoms with Crippen LogP contribution in [0.15, 0.2) is 24.3 Å². The number of esters is 1. The molecule has 0 amide bonds. The van der Waals surface area contributed by atoms with Gasteiger partial charge < -0.3 is 9.47 Å². The van der Waals surface area contributed by atoms with Crippen molar-refractivity contribution in [3.05, 3.63) is 33.7 Å². The molecule has 0 N–H and O–H groups in total. The predicted octanol–water partition coefficient (Wildman–Crippen LogP) is 5.48. The number of hydrogen-bond donors (Lipinski definition) is 0. The Balaban J connectivity index is 2.08. The maximum Gasteiger partial charge on any atom is 0.305 e. The number of benzene rings is 1. The quantitative estimate of drug-likeness (QED) is 0.376. The molecular formula is C18H22O3S2. The minimum atomic E-state index is -0.175. The van der Waals surface area contributed by atoms with Crippen LogP contribution in [-0.4, -0.2) is 19.2 Å². The van der Waals surface area contributed by atoms with Crippen molar-refractivity contribution in [2.75, 3.05) is 13.2 Å². The molecule has 1 aromatic heterocycles. The van der Waals surface area contributed by atoms with Gasteiger partial charge in [-0.1, -0.05) is 39.1 Å². The van der Waals surface area contributed by atoms with Crippen LogP contribution in [0, 0.1) is 3.82 Å². The second kappa shape index (κ2) is 8.41. The van der Waals surface area contributed by atoms with E-state index in [9.17, 15) is 4.79 Å². The van der Waals surface area contributed by atoms with Crippen LogP contribution in [0.3, 0.4) is 0 Å². The minimum absolute atomic E-state index is 0.175. The molecule has 0 aliphatic carbocycles. The maximum absolute atomic E-state index is 11.1. The molecule has 124 valence electrons. The van der Waals surface area contributed by atoms with Crippen molar-refractivity contribution >= 4 is 39.6 Å². The summed E-state index contributed by atoms with van der Waals surface area (Å²) >= 11 is 6.96. The lowest BCUT2D eigenvalue weighted by Gasteiger charge is -2.11.